The highest BCUT2D eigenvalue weighted by Gasteiger charge is 2.43. The lowest BCUT2D eigenvalue weighted by molar-refractivity contribution is -0.132. The minimum Gasteiger partial charge on any atom is -0.478 e. The van der Waals surface area contributed by atoms with Gasteiger partial charge in [0.25, 0.3) is 0 Å². The first-order chi connectivity index (χ1) is 7.92. The van der Waals surface area contributed by atoms with E-state index in [4.69, 9.17) is 9.22 Å². The molecular weight excluding hydrogens is 260 g/mol. The van der Waals surface area contributed by atoms with E-state index in [9.17, 15) is 4.79 Å². The van der Waals surface area contributed by atoms with Crippen LogP contribution in [0.25, 0.3) is 0 Å². The highest BCUT2D eigenvalue weighted by atomic mass is 28.4. The maximum absolute atomic E-state index is 11.1. The zero-order valence-corrected chi connectivity index (χ0v) is 15.0. The van der Waals surface area contributed by atoms with Gasteiger partial charge in [0, 0.05) is 5.57 Å². The van der Waals surface area contributed by atoms with Crippen LogP contribution in [0.3, 0.4) is 0 Å². The van der Waals surface area contributed by atoms with Gasteiger partial charge in [-0.25, -0.2) is 4.79 Å². The average molecular weight is 289 g/mol. The summed E-state index contributed by atoms with van der Waals surface area (Å²) in [4.78, 5) is 11.1. The van der Waals surface area contributed by atoms with Crippen molar-refractivity contribution >= 4 is 22.6 Å². The van der Waals surface area contributed by atoms with E-state index < -0.39 is 22.6 Å². The van der Waals surface area contributed by atoms with Crippen molar-refractivity contribution in [2.24, 2.45) is 0 Å². The first kappa shape index (κ1) is 17.6. The molecule has 0 aromatic heterocycles. The van der Waals surface area contributed by atoms with Crippen molar-refractivity contribution in [1.29, 1.82) is 0 Å². The van der Waals surface area contributed by atoms with Crippen molar-refractivity contribution in [1.82, 2.24) is 0 Å². The lowest BCUT2D eigenvalue weighted by Gasteiger charge is -2.41. The van der Waals surface area contributed by atoms with Crippen molar-refractivity contribution in [2.75, 3.05) is 0 Å². The Hall–Kier alpha value is -0.396. The summed E-state index contributed by atoms with van der Waals surface area (Å²) in [6.45, 7) is 16.8. The van der Waals surface area contributed by atoms with Gasteiger partial charge in [0.15, 0.2) is 8.32 Å². The number of carboxylic acids is 1. The first-order valence-corrected chi connectivity index (χ1v) is 12.1. The summed E-state index contributed by atoms with van der Waals surface area (Å²) in [6, 6.07) is 0. The fraction of sp³-hybridized carbons (Fsp3) is 0.769. The number of hydrogen-bond acceptors (Lipinski definition) is 2. The molecule has 0 bridgehead atoms. The molecular formula is C13H28O3Si2. The Balaban J connectivity index is 5.66. The molecule has 0 aliphatic rings. The maximum atomic E-state index is 11.1. The minimum absolute atomic E-state index is 0.374. The van der Waals surface area contributed by atoms with Crippen LogP contribution in [0.15, 0.2) is 11.3 Å². The maximum Gasteiger partial charge on any atom is 0.330 e. The van der Waals surface area contributed by atoms with Gasteiger partial charge in [0.05, 0.1) is 0 Å². The molecule has 0 saturated carbocycles. The summed E-state index contributed by atoms with van der Waals surface area (Å²) in [5.74, 6) is -0.840. The molecule has 106 valence electrons. The fourth-order valence-corrected chi connectivity index (χ4v) is 11.4. The second kappa shape index (κ2) is 6.17. The summed E-state index contributed by atoms with van der Waals surface area (Å²) >= 11 is 0. The molecule has 0 saturated heterocycles. The predicted molar refractivity (Wildman–Crippen MR) is 81.8 cm³/mol. The monoisotopic (exact) mass is 288 g/mol. The summed E-state index contributed by atoms with van der Waals surface area (Å²) in [5.41, 5.74) is 3.11. The molecule has 0 rings (SSSR count). The van der Waals surface area contributed by atoms with Crippen LogP contribution in [-0.2, 0) is 8.91 Å². The van der Waals surface area contributed by atoms with Gasteiger partial charge in [-0.3, -0.25) is 0 Å². The molecule has 0 radical (unpaired) electrons. The zero-order valence-electron chi connectivity index (χ0n) is 13.0. The fourth-order valence-electron chi connectivity index (χ4n) is 2.20. The quantitative estimate of drug-likeness (QED) is 0.589. The zero-order chi connectivity index (χ0) is 14.7. The Kier molecular flexibility index (Phi) is 6.03. The smallest absolute Gasteiger partial charge is 0.330 e. The van der Waals surface area contributed by atoms with E-state index in [1.54, 1.807) is 6.92 Å². The first-order valence-electron chi connectivity index (χ1n) is 6.55. The number of carboxylic acid groups (broad SMARTS) is 1. The Labute approximate surface area is 114 Å². The van der Waals surface area contributed by atoms with Crippen molar-refractivity contribution in [2.45, 2.75) is 65.3 Å². The molecule has 0 aromatic carbocycles. The third-order valence-corrected chi connectivity index (χ3v) is 11.4. The second-order valence-corrected chi connectivity index (χ2v) is 15.9. The van der Waals surface area contributed by atoms with Crippen molar-refractivity contribution < 1.29 is 14.0 Å². The van der Waals surface area contributed by atoms with Crippen LogP contribution in [-0.4, -0.2) is 27.7 Å². The largest absolute Gasteiger partial charge is 0.478 e. The third kappa shape index (κ3) is 4.70. The molecule has 5 heteroatoms. The standard InChI is InChI=1S/C13H28O3Si2/c1-10(2)18(11(3)4,16-17(6,7)8)9-12(5)13(14)15/h9-11H,1-8H3,(H,14,15). The van der Waals surface area contributed by atoms with E-state index in [0.717, 1.165) is 0 Å². The molecule has 18 heavy (non-hydrogen) atoms. The minimum atomic E-state index is -2.19. The Morgan fingerprint density at radius 3 is 1.72 bits per heavy atom. The molecule has 0 unspecified atom stereocenters. The Morgan fingerprint density at radius 2 is 1.50 bits per heavy atom. The highest BCUT2D eigenvalue weighted by Crippen LogP contribution is 2.37. The van der Waals surface area contributed by atoms with E-state index in [1.807, 2.05) is 5.70 Å². The van der Waals surface area contributed by atoms with E-state index in [2.05, 4.69) is 47.3 Å². The van der Waals surface area contributed by atoms with Gasteiger partial charge < -0.3 is 9.22 Å². The number of rotatable bonds is 6. The lowest BCUT2D eigenvalue weighted by atomic mass is 10.4. The Bertz CT molecular complexity index is 320. The SMILES string of the molecule is CC(=C[Si](O[Si](C)(C)C)(C(C)C)C(C)C)C(=O)O. The molecule has 0 aromatic rings. The van der Waals surface area contributed by atoms with Crippen molar-refractivity contribution in [3.05, 3.63) is 11.3 Å². The number of hydrogen-bond donors (Lipinski definition) is 1. The second-order valence-electron chi connectivity index (χ2n) is 6.51. The molecule has 0 atom stereocenters. The Morgan fingerprint density at radius 1 is 1.11 bits per heavy atom. The highest BCUT2D eigenvalue weighted by molar-refractivity contribution is 6.90. The van der Waals surface area contributed by atoms with Gasteiger partial charge in [-0.2, -0.15) is 0 Å². The lowest BCUT2D eigenvalue weighted by Crippen LogP contribution is -2.51. The summed E-state index contributed by atoms with van der Waals surface area (Å²) in [6.07, 6.45) is 0. The average Bonchev–Trinajstić information content (AvgIpc) is 2.13. The molecule has 0 amide bonds. The number of aliphatic carboxylic acids is 1. The van der Waals surface area contributed by atoms with Crippen LogP contribution in [0.2, 0.25) is 30.7 Å². The van der Waals surface area contributed by atoms with Gasteiger partial charge in [0.2, 0.25) is 8.32 Å². The van der Waals surface area contributed by atoms with Gasteiger partial charge in [-0.1, -0.05) is 33.4 Å². The van der Waals surface area contributed by atoms with E-state index in [0.29, 0.717) is 16.7 Å². The number of carbonyl (C=O) groups is 1. The van der Waals surface area contributed by atoms with Gasteiger partial charge >= 0.3 is 5.97 Å². The van der Waals surface area contributed by atoms with E-state index in [-0.39, 0.29) is 0 Å². The predicted octanol–water partition coefficient (Wildman–Crippen LogP) is 4.17. The van der Waals surface area contributed by atoms with Crippen LogP contribution in [0, 0.1) is 0 Å². The van der Waals surface area contributed by atoms with Gasteiger partial charge in [-0.05, 0) is 37.6 Å². The summed E-state index contributed by atoms with van der Waals surface area (Å²) in [7, 11) is -3.89. The normalized spacial score (nSPS) is 14.4. The molecule has 0 fully saturated rings. The van der Waals surface area contributed by atoms with Gasteiger partial charge in [-0.15, -0.1) is 0 Å². The van der Waals surface area contributed by atoms with Crippen LogP contribution >= 0.6 is 0 Å². The third-order valence-electron chi connectivity index (χ3n) is 3.07. The molecule has 1 N–H and O–H groups in total. The van der Waals surface area contributed by atoms with Crippen molar-refractivity contribution in [3.63, 3.8) is 0 Å². The summed E-state index contributed by atoms with van der Waals surface area (Å²) in [5, 5.41) is 9.12. The molecule has 0 aliphatic carbocycles. The van der Waals surface area contributed by atoms with Gasteiger partial charge in [0.1, 0.15) is 0 Å². The molecule has 0 spiro atoms. The van der Waals surface area contributed by atoms with Crippen molar-refractivity contribution in [3.8, 4) is 0 Å². The van der Waals surface area contributed by atoms with E-state index in [1.165, 1.54) is 0 Å². The van der Waals surface area contributed by atoms with Crippen LogP contribution < -0.4 is 0 Å². The summed E-state index contributed by atoms with van der Waals surface area (Å²) < 4.78 is 6.51. The van der Waals surface area contributed by atoms with Crippen LogP contribution in [0.1, 0.15) is 34.6 Å². The van der Waals surface area contributed by atoms with Crippen LogP contribution in [0.4, 0.5) is 0 Å². The van der Waals surface area contributed by atoms with Crippen LogP contribution in [0.5, 0.6) is 0 Å². The topological polar surface area (TPSA) is 46.5 Å². The molecule has 3 nitrogen and oxygen atoms in total. The molecule has 0 aliphatic heterocycles. The molecule has 0 heterocycles. The van der Waals surface area contributed by atoms with E-state index >= 15 is 0 Å².